The molecule has 2 aliphatic rings. The summed E-state index contributed by atoms with van der Waals surface area (Å²) in [6, 6.07) is 21.0. The van der Waals surface area contributed by atoms with Gasteiger partial charge in [-0.05, 0) is 63.4 Å². The second-order valence-electron chi connectivity index (χ2n) is 11.2. The Morgan fingerprint density at radius 2 is 1.69 bits per heavy atom. The van der Waals surface area contributed by atoms with Gasteiger partial charge in [0, 0.05) is 37.2 Å². The van der Waals surface area contributed by atoms with Crippen molar-refractivity contribution < 1.29 is 23.8 Å². The standard InChI is InChI=1S/C31H35N3O5/c1-30(2,3)39-29(36)34-19-17-31(18-20-34)16-15-26-27(38-31)14-13-25(33-26)23-9-11-24(12-10-23)32-28(35)37-21-22-7-5-4-6-8-22/h4-14H,15-21H2,1-3H3,(H,32,35). The first-order chi connectivity index (χ1) is 18.7. The summed E-state index contributed by atoms with van der Waals surface area (Å²) in [5.41, 5.74) is 3.57. The van der Waals surface area contributed by atoms with Gasteiger partial charge in [0.1, 0.15) is 23.6 Å². The molecule has 3 heterocycles. The lowest BCUT2D eigenvalue weighted by molar-refractivity contribution is -0.0278. The molecule has 3 aromatic rings. The Bertz CT molecular complexity index is 1310. The van der Waals surface area contributed by atoms with E-state index in [0.29, 0.717) is 18.8 Å². The molecule has 0 unspecified atom stereocenters. The third kappa shape index (κ3) is 6.69. The van der Waals surface area contributed by atoms with E-state index in [2.05, 4.69) is 5.32 Å². The fraction of sp³-hybridized carbons (Fsp3) is 0.387. The van der Waals surface area contributed by atoms with Crippen LogP contribution in [-0.2, 0) is 22.5 Å². The molecule has 1 aromatic heterocycles. The average Bonchev–Trinajstić information content (AvgIpc) is 2.92. The number of ether oxygens (including phenoxy) is 3. The lowest BCUT2D eigenvalue weighted by Gasteiger charge is -2.44. The molecule has 0 aliphatic carbocycles. The highest BCUT2D eigenvalue weighted by Crippen LogP contribution is 2.39. The number of aromatic nitrogens is 1. The number of rotatable bonds is 4. The van der Waals surface area contributed by atoms with Gasteiger partial charge in [0.25, 0.3) is 0 Å². The normalized spacial score (nSPS) is 16.1. The molecule has 8 nitrogen and oxygen atoms in total. The van der Waals surface area contributed by atoms with Crippen LogP contribution in [-0.4, -0.2) is 46.4 Å². The SMILES string of the molecule is CC(C)(C)OC(=O)N1CCC2(CCc3nc(-c4ccc(NC(=O)OCc5ccccc5)cc4)ccc3O2)CC1. The zero-order valence-corrected chi connectivity index (χ0v) is 22.7. The van der Waals surface area contributed by atoms with Crippen LogP contribution in [0.15, 0.2) is 66.7 Å². The fourth-order valence-corrected chi connectivity index (χ4v) is 4.93. The number of nitrogens with one attached hydrogen (secondary N) is 1. The van der Waals surface area contributed by atoms with Crippen LogP contribution in [0.4, 0.5) is 15.3 Å². The number of amides is 2. The molecule has 39 heavy (non-hydrogen) atoms. The summed E-state index contributed by atoms with van der Waals surface area (Å²) >= 11 is 0. The van der Waals surface area contributed by atoms with Crippen molar-refractivity contribution in [3.8, 4) is 17.0 Å². The minimum absolute atomic E-state index is 0.217. The molecule has 2 aliphatic heterocycles. The molecule has 8 heteroatoms. The molecule has 204 valence electrons. The third-order valence-corrected chi connectivity index (χ3v) is 7.04. The number of hydrogen-bond donors (Lipinski definition) is 1. The summed E-state index contributed by atoms with van der Waals surface area (Å²) in [6.45, 7) is 7.11. The number of hydrogen-bond acceptors (Lipinski definition) is 6. The van der Waals surface area contributed by atoms with Crippen LogP contribution in [0.5, 0.6) is 5.75 Å². The number of anilines is 1. The molecule has 1 saturated heterocycles. The van der Waals surface area contributed by atoms with Crippen molar-refractivity contribution in [2.75, 3.05) is 18.4 Å². The Balaban J connectivity index is 1.16. The van der Waals surface area contributed by atoms with Gasteiger partial charge in [-0.3, -0.25) is 5.32 Å². The van der Waals surface area contributed by atoms with Gasteiger partial charge in [0.15, 0.2) is 0 Å². The topological polar surface area (TPSA) is 90.0 Å². The molecular formula is C31H35N3O5. The molecular weight excluding hydrogens is 494 g/mol. The van der Waals surface area contributed by atoms with Crippen LogP contribution in [0.1, 0.15) is 51.3 Å². The average molecular weight is 530 g/mol. The smallest absolute Gasteiger partial charge is 0.411 e. The molecule has 1 N–H and O–H groups in total. The summed E-state index contributed by atoms with van der Waals surface area (Å²) < 4.78 is 17.3. The molecule has 0 saturated carbocycles. The number of carbonyl (C=O) groups is 2. The van der Waals surface area contributed by atoms with Gasteiger partial charge in [-0.1, -0.05) is 42.5 Å². The van der Waals surface area contributed by atoms with E-state index >= 15 is 0 Å². The van der Waals surface area contributed by atoms with Crippen LogP contribution in [0, 0.1) is 0 Å². The molecule has 0 atom stereocenters. The van der Waals surface area contributed by atoms with Crippen molar-refractivity contribution in [2.24, 2.45) is 0 Å². The summed E-state index contributed by atoms with van der Waals surface area (Å²) in [5.74, 6) is 0.815. The van der Waals surface area contributed by atoms with E-state index in [0.717, 1.165) is 53.9 Å². The highest BCUT2D eigenvalue weighted by atomic mass is 16.6. The van der Waals surface area contributed by atoms with Crippen LogP contribution >= 0.6 is 0 Å². The quantitative estimate of drug-likeness (QED) is 0.410. The van der Waals surface area contributed by atoms with Crippen LogP contribution < -0.4 is 10.1 Å². The summed E-state index contributed by atoms with van der Waals surface area (Å²) in [7, 11) is 0. The van der Waals surface area contributed by atoms with E-state index in [1.807, 2.05) is 87.5 Å². The van der Waals surface area contributed by atoms with Gasteiger partial charge < -0.3 is 19.1 Å². The third-order valence-electron chi connectivity index (χ3n) is 7.04. The molecule has 2 aromatic carbocycles. The van der Waals surface area contributed by atoms with Gasteiger partial charge in [-0.25, -0.2) is 14.6 Å². The number of carbonyl (C=O) groups excluding carboxylic acids is 2. The van der Waals surface area contributed by atoms with Crippen molar-refractivity contribution in [2.45, 2.75) is 64.3 Å². The van der Waals surface area contributed by atoms with Gasteiger partial charge in [0.05, 0.1) is 11.4 Å². The van der Waals surface area contributed by atoms with Crippen molar-refractivity contribution >= 4 is 17.9 Å². The second kappa shape index (κ2) is 11.0. The summed E-state index contributed by atoms with van der Waals surface area (Å²) in [4.78, 5) is 31.2. The predicted octanol–water partition coefficient (Wildman–Crippen LogP) is 6.59. The molecule has 0 radical (unpaired) electrons. The summed E-state index contributed by atoms with van der Waals surface area (Å²) in [6.07, 6.45) is 2.48. The monoisotopic (exact) mass is 529 g/mol. The first-order valence-electron chi connectivity index (χ1n) is 13.4. The number of fused-ring (bicyclic) bond motifs is 1. The van der Waals surface area contributed by atoms with Crippen molar-refractivity contribution in [3.63, 3.8) is 0 Å². The molecule has 0 bridgehead atoms. The first-order valence-corrected chi connectivity index (χ1v) is 13.4. The van der Waals surface area contributed by atoms with Crippen molar-refractivity contribution in [1.29, 1.82) is 0 Å². The highest BCUT2D eigenvalue weighted by molar-refractivity contribution is 5.85. The van der Waals surface area contributed by atoms with Gasteiger partial charge >= 0.3 is 12.2 Å². The van der Waals surface area contributed by atoms with E-state index in [-0.39, 0.29) is 18.3 Å². The molecule has 1 fully saturated rings. The maximum absolute atomic E-state index is 12.4. The minimum Gasteiger partial charge on any atom is -0.485 e. The lowest BCUT2D eigenvalue weighted by Crippen LogP contribution is -2.52. The van der Waals surface area contributed by atoms with Crippen LogP contribution in [0.25, 0.3) is 11.3 Å². The van der Waals surface area contributed by atoms with Gasteiger partial charge in [-0.15, -0.1) is 0 Å². The zero-order valence-electron chi connectivity index (χ0n) is 22.7. The Morgan fingerprint density at radius 1 is 0.974 bits per heavy atom. The number of aryl methyl sites for hydroxylation is 1. The second-order valence-corrected chi connectivity index (χ2v) is 11.2. The maximum Gasteiger partial charge on any atom is 0.411 e. The maximum atomic E-state index is 12.4. The number of likely N-dealkylation sites (tertiary alicyclic amines) is 1. The van der Waals surface area contributed by atoms with Crippen molar-refractivity contribution in [3.05, 3.63) is 78.0 Å². The Labute approximate surface area is 229 Å². The number of nitrogens with zero attached hydrogens (tertiary/aromatic N) is 2. The molecule has 2 amide bonds. The Kier molecular flexibility index (Phi) is 7.46. The van der Waals surface area contributed by atoms with Crippen LogP contribution in [0.2, 0.25) is 0 Å². The van der Waals surface area contributed by atoms with E-state index in [9.17, 15) is 9.59 Å². The fourth-order valence-electron chi connectivity index (χ4n) is 4.93. The minimum atomic E-state index is -0.499. The summed E-state index contributed by atoms with van der Waals surface area (Å²) in [5, 5.41) is 2.76. The van der Waals surface area contributed by atoms with Crippen molar-refractivity contribution in [1.82, 2.24) is 9.88 Å². The van der Waals surface area contributed by atoms with Crippen LogP contribution in [0.3, 0.4) is 0 Å². The highest BCUT2D eigenvalue weighted by Gasteiger charge is 2.41. The number of benzene rings is 2. The Morgan fingerprint density at radius 3 is 2.38 bits per heavy atom. The first kappa shape index (κ1) is 26.5. The van der Waals surface area contributed by atoms with Gasteiger partial charge in [0.2, 0.25) is 0 Å². The predicted molar refractivity (Wildman–Crippen MR) is 149 cm³/mol. The van der Waals surface area contributed by atoms with E-state index in [1.165, 1.54) is 0 Å². The van der Waals surface area contributed by atoms with E-state index < -0.39 is 11.7 Å². The largest absolute Gasteiger partial charge is 0.485 e. The van der Waals surface area contributed by atoms with E-state index in [4.69, 9.17) is 19.2 Å². The Hall–Kier alpha value is -4.07. The van der Waals surface area contributed by atoms with Gasteiger partial charge in [-0.2, -0.15) is 0 Å². The zero-order chi connectivity index (χ0) is 27.5. The van der Waals surface area contributed by atoms with E-state index in [1.54, 1.807) is 4.90 Å². The molecule has 1 spiro atoms. The molecule has 5 rings (SSSR count). The number of pyridine rings is 1. The number of piperidine rings is 1. The lowest BCUT2D eigenvalue weighted by atomic mass is 9.84.